The van der Waals surface area contributed by atoms with Crippen molar-refractivity contribution in [2.45, 2.75) is 36.3 Å². The maximum Gasteiger partial charge on any atom is 0.328 e. The van der Waals surface area contributed by atoms with E-state index in [1.807, 2.05) is 30.5 Å². The van der Waals surface area contributed by atoms with Crippen molar-refractivity contribution in [2.24, 2.45) is 0 Å². The molecule has 2 unspecified atom stereocenters. The number of amides is 1. The fourth-order valence-corrected chi connectivity index (χ4v) is 3.83. The van der Waals surface area contributed by atoms with Gasteiger partial charge in [-0.25, -0.2) is 9.18 Å². The molecule has 0 N–H and O–H groups in total. The van der Waals surface area contributed by atoms with Gasteiger partial charge in [-0.05, 0) is 42.5 Å². The van der Waals surface area contributed by atoms with E-state index in [1.165, 1.54) is 29.0 Å². The molecule has 0 bridgehead atoms. The van der Waals surface area contributed by atoms with Crippen molar-refractivity contribution in [1.82, 2.24) is 4.90 Å². The molecule has 0 radical (unpaired) electrons. The predicted octanol–water partition coefficient (Wildman–Crippen LogP) is 3.70. The lowest BCUT2D eigenvalue weighted by Crippen LogP contribution is -2.41. The standard InChI is InChI=1S/C22H24FNO4S/c1-27-22(26)19-13-16(28-20-6-4-3-5-18(20)23)14-24(19)21(25)12-9-15-7-10-17(29-2)11-8-15/h3-8,10-11,16,19H,9,12-14H2,1-2H3. The topological polar surface area (TPSA) is 55.8 Å². The first-order valence-corrected chi connectivity index (χ1v) is 10.7. The van der Waals surface area contributed by atoms with Crippen LogP contribution in [-0.4, -0.2) is 48.8 Å². The summed E-state index contributed by atoms with van der Waals surface area (Å²) in [6.07, 6.45) is 2.67. The number of carbonyl (C=O) groups excluding carboxylic acids is 2. The SMILES string of the molecule is COC(=O)C1CC(Oc2ccccc2F)CN1C(=O)CCc1ccc(SC)cc1. The Morgan fingerprint density at radius 1 is 1.17 bits per heavy atom. The third-order valence-corrected chi connectivity index (χ3v) is 5.72. The van der Waals surface area contributed by atoms with E-state index >= 15 is 0 Å². The zero-order valence-corrected chi connectivity index (χ0v) is 17.3. The molecule has 0 spiro atoms. The second-order valence-corrected chi connectivity index (χ2v) is 7.72. The van der Waals surface area contributed by atoms with Crippen molar-refractivity contribution in [2.75, 3.05) is 19.9 Å². The highest BCUT2D eigenvalue weighted by atomic mass is 32.2. The first-order chi connectivity index (χ1) is 14.0. The van der Waals surface area contributed by atoms with Gasteiger partial charge in [-0.2, -0.15) is 0 Å². The number of ether oxygens (including phenoxy) is 2. The van der Waals surface area contributed by atoms with Crippen LogP contribution in [0.3, 0.4) is 0 Å². The van der Waals surface area contributed by atoms with Crippen LogP contribution in [0.25, 0.3) is 0 Å². The highest BCUT2D eigenvalue weighted by Gasteiger charge is 2.41. The number of nitrogens with zero attached hydrogens (tertiary/aromatic N) is 1. The van der Waals surface area contributed by atoms with E-state index in [0.29, 0.717) is 6.42 Å². The van der Waals surface area contributed by atoms with Crippen LogP contribution >= 0.6 is 11.8 Å². The van der Waals surface area contributed by atoms with Crippen LogP contribution in [-0.2, 0) is 20.7 Å². The number of hydrogen-bond acceptors (Lipinski definition) is 5. The van der Waals surface area contributed by atoms with Crippen molar-refractivity contribution in [1.29, 1.82) is 0 Å². The molecule has 0 aromatic heterocycles. The quantitative estimate of drug-likeness (QED) is 0.508. The van der Waals surface area contributed by atoms with Crippen LogP contribution in [0.4, 0.5) is 4.39 Å². The number of rotatable bonds is 7. The molecular weight excluding hydrogens is 393 g/mol. The first kappa shape index (κ1) is 21.2. The van der Waals surface area contributed by atoms with Gasteiger partial charge in [0.2, 0.25) is 5.91 Å². The van der Waals surface area contributed by atoms with E-state index in [-0.39, 0.29) is 31.0 Å². The normalized spacial score (nSPS) is 18.5. The Morgan fingerprint density at radius 3 is 2.55 bits per heavy atom. The molecule has 1 aliphatic heterocycles. The molecule has 1 fully saturated rings. The van der Waals surface area contributed by atoms with Gasteiger partial charge in [0.1, 0.15) is 12.1 Å². The molecule has 3 rings (SSSR count). The van der Waals surface area contributed by atoms with Gasteiger partial charge >= 0.3 is 5.97 Å². The Hall–Kier alpha value is -2.54. The minimum Gasteiger partial charge on any atom is -0.485 e. The zero-order valence-electron chi connectivity index (χ0n) is 16.5. The molecule has 1 aliphatic rings. The molecule has 7 heteroatoms. The van der Waals surface area contributed by atoms with Crippen molar-refractivity contribution in [3.05, 3.63) is 59.9 Å². The van der Waals surface area contributed by atoms with E-state index in [9.17, 15) is 14.0 Å². The lowest BCUT2D eigenvalue weighted by atomic mass is 10.1. The summed E-state index contributed by atoms with van der Waals surface area (Å²) >= 11 is 1.66. The van der Waals surface area contributed by atoms with Gasteiger partial charge in [-0.15, -0.1) is 11.8 Å². The second kappa shape index (κ2) is 9.78. The Bertz CT molecular complexity index is 858. The summed E-state index contributed by atoms with van der Waals surface area (Å²) in [4.78, 5) is 27.7. The average Bonchev–Trinajstić information content (AvgIpc) is 3.17. The van der Waals surface area contributed by atoms with Gasteiger partial charge in [-0.3, -0.25) is 4.79 Å². The van der Waals surface area contributed by atoms with E-state index in [4.69, 9.17) is 9.47 Å². The van der Waals surface area contributed by atoms with E-state index in [0.717, 1.165) is 5.56 Å². The predicted molar refractivity (Wildman–Crippen MR) is 109 cm³/mol. The van der Waals surface area contributed by atoms with E-state index < -0.39 is 23.9 Å². The van der Waals surface area contributed by atoms with Crippen molar-refractivity contribution in [3.8, 4) is 5.75 Å². The van der Waals surface area contributed by atoms with Crippen molar-refractivity contribution >= 4 is 23.6 Å². The minimum atomic E-state index is -0.719. The number of esters is 1. The van der Waals surface area contributed by atoms with Crippen LogP contribution in [0.5, 0.6) is 5.75 Å². The molecule has 1 saturated heterocycles. The number of benzene rings is 2. The summed E-state index contributed by atoms with van der Waals surface area (Å²) in [6.45, 7) is 0.221. The lowest BCUT2D eigenvalue weighted by Gasteiger charge is -2.22. The van der Waals surface area contributed by atoms with Gasteiger partial charge < -0.3 is 14.4 Å². The van der Waals surface area contributed by atoms with Crippen LogP contribution in [0, 0.1) is 5.82 Å². The van der Waals surface area contributed by atoms with Gasteiger partial charge in [0.05, 0.1) is 13.7 Å². The number of aryl methyl sites for hydroxylation is 1. The van der Waals surface area contributed by atoms with Crippen molar-refractivity contribution in [3.63, 3.8) is 0 Å². The maximum atomic E-state index is 13.9. The summed E-state index contributed by atoms with van der Waals surface area (Å²) in [5, 5.41) is 0. The smallest absolute Gasteiger partial charge is 0.328 e. The van der Waals surface area contributed by atoms with E-state index in [2.05, 4.69) is 0 Å². The lowest BCUT2D eigenvalue weighted by molar-refractivity contribution is -0.150. The fourth-order valence-electron chi connectivity index (χ4n) is 3.42. The molecule has 1 amide bonds. The highest BCUT2D eigenvalue weighted by Crippen LogP contribution is 2.26. The summed E-state index contributed by atoms with van der Waals surface area (Å²) in [6, 6.07) is 13.4. The van der Waals surface area contributed by atoms with Crippen LogP contribution in [0.15, 0.2) is 53.4 Å². The third kappa shape index (κ3) is 5.29. The van der Waals surface area contributed by atoms with Gasteiger partial charge in [0.25, 0.3) is 0 Å². The van der Waals surface area contributed by atoms with Crippen LogP contribution in [0.1, 0.15) is 18.4 Å². The Labute approximate surface area is 174 Å². The summed E-state index contributed by atoms with van der Waals surface area (Å²) < 4.78 is 24.5. The van der Waals surface area contributed by atoms with Crippen LogP contribution < -0.4 is 4.74 Å². The molecule has 154 valence electrons. The number of thioether (sulfide) groups is 1. The average molecular weight is 418 g/mol. The molecule has 2 aromatic rings. The van der Waals surface area contributed by atoms with Gasteiger partial charge in [0.15, 0.2) is 11.6 Å². The van der Waals surface area contributed by atoms with E-state index in [1.54, 1.807) is 23.9 Å². The fraction of sp³-hybridized carbons (Fsp3) is 0.364. The number of halogens is 1. The number of para-hydroxylation sites is 1. The molecular formula is C22H24FNO4S. The molecule has 2 aromatic carbocycles. The minimum absolute atomic E-state index is 0.115. The summed E-state index contributed by atoms with van der Waals surface area (Å²) in [5.74, 6) is -0.985. The Morgan fingerprint density at radius 2 is 1.90 bits per heavy atom. The number of carbonyl (C=O) groups is 2. The van der Waals surface area contributed by atoms with Crippen LogP contribution in [0.2, 0.25) is 0 Å². The Kier molecular flexibility index (Phi) is 7.14. The molecule has 1 heterocycles. The number of hydrogen-bond donors (Lipinski definition) is 0. The first-order valence-electron chi connectivity index (χ1n) is 9.43. The molecule has 5 nitrogen and oxygen atoms in total. The third-order valence-electron chi connectivity index (χ3n) is 4.97. The zero-order chi connectivity index (χ0) is 20.8. The summed E-state index contributed by atoms with van der Waals surface area (Å²) in [5.41, 5.74) is 1.06. The Balaban J connectivity index is 1.65. The van der Waals surface area contributed by atoms with Gasteiger partial charge in [0, 0.05) is 17.7 Å². The van der Waals surface area contributed by atoms with Gasteiger partial charge in [-0.1, -0.05) is 24.3 Å². The maximum absolute atomic E-state index is 13.9. The highest BCUT2D eigenvalue weighted by molar-refractivity contribution is 7.98. The second-order valence-electron chi connectivity index (χ2n) is 6.84. The number of methoxy groups -OCH3 is 1. The monoisotopic (exact) mass is 417 g/mol. The molecule has 0 aliphatic carbocycles. The van der Waals surface area contributed by atoms with Crippen molar-refractivity contribution < 1.29 is 23.5 Å². The largest absolute Gasteiger partial charge is 0.485 e. The number of likely N-dealkylation sites (tertiary alicyclic amines) is 1. The molecule has 29 heavy (non-hydrogen) atoms. The molecule has 0 saturated carbocycles. The summed E-state index contributed by atoms with van der Waals surface area (Å²) in [7, 11) is 1.29. The molecule has 2 atom stereocenters.